The molecule has 0 bridgehead atoms. The Bertz CT molecular complexity index is 775. The highest BCUT2D eigenvalue weighted by atomic mass is 19.1. The van der Waals surface area contributed by atoms with E-state index in [0.717, 1.165) is 35.4 Å². The summed E-state index contributed by atoms with van der Waals surface area (Å²) in [6.45, 7) is 1.67. The molecule has 1 unspecified atom stereocenters. The molecule has 1 aromatic heterocycles. The molecule has 1 aliphatic heterocycles. The van der Waals surface area contributed by atoms with Crippen molar-refractivity contribution >= 4 is 11.0 Å². The van der Waals surface area contributed by atoms with Crippen molar-refractivity contribution in [3.63, 3.8) is 0 Å². The van der Waals surface area contributed by atoms with Crippen LogP contribution < -0.4 is 0 Å². The lowest BCUT2D eigenvalue weighted by Crippen LogP contribution is -2.30. The summed E-state index contributed by atoms with van der Waals surface area (Å²) < 4.78 is 19.5. The van der Waals surface area contributed by atoms with E-state index in [1.54, 1.807) is 12.1 Å². The molecule has 4 rings (SSSR count). The molecular formula is C18H16FNO. The number of halogens is 1. The van der Waals surface area contributed by atoms with Gasteiger partial charge in [0.05, 0.1) is 5.92 Å². The maximum atomic E-state index is 13.5. The first-order valence-electron chi connectivity index (χ1n) is 7.16. The van der Waals surface area contributed by atoms with Gasteiger partial charge in [0.15, 0.2) is 0 Å². The van der Waals surface area contributed by atoms with Crippen molar-refractivity contribution in [3.8, 4) is 0 Å². The first-order chi connectivity index (χ1) is 10.2. The lowest BCUT2D eigenvalue weighted by molar-refractivity contribution is 0.281. The zero-order chi connectivity index (χ0) is 14.4. The van der Waals surface area contributed by atoms with Crippen LogP contribution in [0.3, 0.4) is 0 Å². The van der Waals surface area contributed by atoms with Crippen LogP contribution in [0.25, 0.3) is 11.0 Å². The standard InChI is InChI=1S/C18H16FNO/c1-20-10-13-8-14(19)6-7-15(13)16(11-20)18-9-12-4-2-3-5-17(12)21-18/h2-9,16H,10-11H2,1H3. The van der Waals surface area contributed by atoms with Crippen LogP contribution >= 0.6 is 0 Å². The quantitative estimate of drug-likeness (QED) is 0.666. The smallest absolute Gasteiger partial charge is 0.134 e. The Hall–Kier alpha value is -2.13. The molecule has 21 heavy (non-hydrogen) atoms. The van der Waals surface area contributed by atoms with Crippen LogP contribution in [0.4, 0.5) is 4.39 Å². The second kappa shape index (κ2) is 4.71. The van der Waals surface area contributed by atoms with Gasteiger partial charge in [-0.05, 0) is 42.4 Å². The molecular weight excluding hydrogens is 265 g/mol. The van der Waals surface area contributed by atoms with Crippen LogP contribution in [-0.2, 0) is 6.54 Å². The zero-order valence-electron chi connectivity index (χ0n) is 11.8. The average Bonchev–Trinajstić information content (AvgIpc) is 2.89. The molecule has 3 aromatic rings. The van der Waals surface area contributed by atoms with Crippen molar-refractivity contribution in [1.82, 2.24) is 4.90 Å². The van der Waals surface area contributed by atoms with Crippen LogP contribution in [-0.4, -0.2) is 18.5 Å². The maximum absolute atomic E-state index is 13.5. The summed E-state index contributed by atoms with van der Waals surface area (Å²) in [6.07, 6.45) is 0. The van der Waals surface area contributed by atoms with Gasteiger partial charge in [-0.15, -0.1) is 0 Å². The number of nitrogens with zero attached hydrogens (tertiary/aromatic N) is 1. The predicted octanol–water partition coefficient (Wildman–Crippen LogP) is 4.15. The molecule has 0 radical (unpaired) electrons. The molecule has 0 N–H and O–H groups in total. The average molecular weight is 281 g/mol. The fraction of sp³-hybridized carbons (Fsp3) is 0.222. The summed E-state index contributed by atoms with van der Waals surface area (Å²) in [5, 5.41) is 1.12. The molecule has 0 fully saturated rings. The van der Waals surface area contributed by atoms with Gasteiger partial charge < -0.3 is 9.32 Å². The first-order valence-corrected chi connectivity index (χ1v) is 7.16. The summed E-state index contributed by atoms with van der Waals surface area (Å²) in [5.74, 6) is 0.940. The minimum Gasteiger partial charge on any atom is -0.460 e. The molecule has 106 valence electrons. The van der Waals surface area contributed by atoms with E-state index in [1.165, 1.54) is 5.56 Å². The number of hydrogen-bond acceptors (Lipinski definition) is 2. The minimum absolute atomic E-state index is 0.159. The van der Waals surface area contributed by atoms with Gasteiger partial charge in [0.1, 0.15) is 17.2 Å². The lowest BCUT2D eigenvalue weighted by atomic mass is 9.88. The number of fused-ring (bicyclic) bond motifs is 2. The molecule has 2 aromatic carbocycles. The Balaban J connectivity index is 1.84. The van der Waals surface area contributed by atoms with Gasteiger partial charge in [-0.1, -0.05) is 24.3 Å². The van der Waals surface area contributed by atoms with Crippen LogP contribution in [0.15, 0.2) is 52.9 Å². The van der Waals surface area contributed by atoms with Crippen LogP contribution in [0.2, 0.25) is 0 Å². The van der Waals surface area contributed by atoms with Gasteiger partial charge in [-0.2, -0.15) is 0 Å². The molecule has 0 saturated heterocycles. The van der Waals surface area contributed by atoms with Gasteiger partial charge in [0, 0.05) is 18.5 Å². The minimum atomic E-state index is -0.174. The summed E-state index contributed by atoms with van der Waals surface area (Å²) in [7, 11) is 2.06. The summed E-state index contributed by atoms with van der Waals surface area (Å²) >= 11 is 0. The van der Waals surface area contributed by atoms with Crippen molar-refractivity contribution in [2.75, 3.05) is 13.6 Å². The summed E-state index contributed by atoms with van der Waals surface area (Å²) in [5.41, 5.74) is 3.13. The van der Waals surface area contributed by atoms with Crippen molar-refractivity contribution in [2.24, 2.45) is 0 Å². The Labute approximate surface area is 122 Å². The van der Waals surface area contributed by atoms with E-state index >= 15 is 0 Å². The third kappa shape index (κ3) is 2.14. The normalized spacial score (nSPS) is 18.9. The second-order valence-electron chi connectivity index (χ2n) is 5.78. The third-order valence-corrected chi connectivity index (χ3v) is 4.20. The second-order valence-corrected chi connectivity index (χ2v) is 5.78. The van der Waals surface area contributed by atoms with Crippen molar-refractivity contribution in [2.45, 2.75) is 12.5 Å². The lowest BCUT2D eigenvalue weighted by Gasteiger charge is -2.31. The maximum Gasteiger partial charge on any atom is 0.134 e. The summed E-state index contributed by atoms with van der Waals surface area (Å²) in [6, 6.07) is 15.2. The topological polar surface area (TPSA) is 16.4 Å². The van der Waals surface area contributed by atoms with E-state index in [2.05, 4.69) is 24.1 Å². The Morgan fingerprint density at radius 3 is 2.86 bits per heavy atom. The molecule has 0 spiro atoms. The predicted molar refractivity (Wildman–Crippen MR) is 80.8 cm³/mol. The SMILES string of the molecule is CN1Cc2cc(F)ccc2C(c2cc3ccccc3o2)C1. The summed E-state index contributed by atoms with van der Waals surface area (Å²) in [4.78, 5) is 2.21. The van der Waals surface area contributed by atoms with Crippen LogP contribution in [0, 0.1) is 5.82 Å². The highest BCUT2D eigenvalue weighted by Crippen LogP contribution is 2.35. The highest BCUT2D eigenvalue weighted by Gasteiger charge is 2.27. The van der Waals surface area contributed by atoms with E-state index in [4.69, 9.17) is 4.42 Å². The van der Waals surface area contributed by atoms with Crippen LogP contribution in [0.1, 0.15) is 22.8 Å². The fourth-order valence-corrected chi connectivity index (χ4v) is 3.23. The molecule has 3 heteroatoms. The number of furan rings is 1. The van der Waals surface area contributed by atoms with Gasteiger partial charge in [-0.25, -0.2) is 4.39 Å². The van der Waals surface area contributed by atoms with E-state index in [-0.39, 0.29) is 11.7 Å². The molecule has 1 atom stereocenters. The number of benzene rings is 2. The van der Waals surface area contributed by atoms with E-state index < -0.39 is 0 Å². The van der Waals surface area contributed by atoms with Gasteiger partial charge in [0.25, 0.3) is 0 Å². The fourth-order valence-electron chi connectivity index (χ4n) is 3.23. The van der Waals surface area contributed by atoms with Gasteiger partial charge in [-0.3, -0.25) is 0 Å². The van der Waals surface area contributed by atoms with Crippen molar-refractivity contribution in [3.05, 3.63) is 71.2 Å². The Morgan fingerprint density at radius 1 is 1.14 bits per heavy atom. The largest absolute Gasteiger partial charge is 0.460 e. The third-order valence-electron chi connectivity index (χ3n) is 4.20. The van der Waals surface area contributed by atoms with Crippen molar-refractivity contribution in [1.29, 1.82) is 0 Å². The Morgan fingerprint density at radius 2 is 2.00 bits per heavy atom. The first kappa shape index (κ1) is 12.6. The Kier molecular flexibility index (Phi) is 2.82. The molecule has 2 nitrogen and oxygen atoms in total. The van der Waals surface area contributed by atoms with E-state index in [1.807, 2.05) is 24.3 Å². The number of rotatable bonds is 1. The molecule has 1 aliphatic rings. The number of para-hydroxylation sites is 1. The number of hydrogen-bond donors (Lipinski definition) is 0. The number of likely N-dealkylation sites (N-methyl/N-ethyl adjacent to an activating group) is 1. The molecule has 2 heterocycles. The molecule has 0 amide bonds. The monoisotopic (exact) mass is 281 g/mol. The van der Waals surface area contributed by atoms with Crippen LogP contribution in [0.5, 0.6) is 0 Å². The molecule has 0 aliphatic carbocycles. The zero-order valence-corrected chi connectivity index (χ0v) is 11.8. The highest BCUT2D eigenvalue weighted by molar-refractivity contribution is 5.78. The van der Waals surface area contributed by atoms with Crippen molar-refractivity contribution < 1.29 is 8.81 Å². The van der Waals surface area contributed by atoms with Gasteiger partial charge in [0.2, 0.25) is 0 Å². The molecule has 0 saturated carbocycles. The van der Waals surface area contributed by atoms with E-state index in [0.29, 0.717) is 0 Å². The van der Waals surface area contributed by atoms with Gasteiger partial charge >= 0.3 is 0 Å². The van der Waals surface area contributed by atoms with E-state index in [9.17, 15) is 4.39 Å².